The van der Waals surface area contributed by atoms with E-state index in [1.54, 1.807) is 12.5 Å². The first-order valence-corrected chi connectivity index (χ1v) is 6.49. The average molecular weight is 287 g/mol. The molecule has 0 saturated heterocycles. The molecule has 2 rings (SSSR count). The molecule has 0 aliphatic rings. The van der Waals surface area contributed by atoms with Gasteiger partial charge in [-0.25, -0.2) is 15.7 Å². The highest BCUT2D eigenvalue weighted by Gasteiger charge is 2.16. The van der Waals surface area contributed by atoms with Gasteiger partial charge < -0.3 is 9.67 Å². The second-order valence-electron chi connectivity index (χ2n) is 4.53. The number of hydrogen-bond donors (Lipinski definition) is 2. The summed E-state index contributed by atoms with van der Waals surface area (Å²) in [5, 5.41) is 8.96. The Labute approximate surface area is 122 Å². The summed E-state index contributed by atoms with van der Waals surface area (Å²) in [4.78, 5) is 19.4. The smallest absolute Gasteiger partial charge is 0.335 e. The van der Waals surface area contributed by atoms with Crippen LogP contribution < -0.4 is 5.90 Å². The lowest BCUT2D eigenvalue weighted by Gasteiger charge is -2.11. The number of aromatic nitrogens is 2. The Morgan fingerprint density at radius 2 is 2.19 bits per heavy atom. The molecular formula is C15H17N3O3. The number of carbonyl (C=O) groups is 1. The lowest BCUT2D eigenvalue weighted by Crippen LogP contribution is -2.26. The molecule has 1 aromatic heterocycles. The third-order valence-electron chi connectivity index (χ3n) is 3.07. The number of imidazole rings is 1. The highest BCUT2D eigenvalue weighted by atomic mass is 16.6. The lowest BCUT2D eigenvalue weighted by molar-refractivity contribution is -0.150. The molecule has 110 valence electrons. The number of aliphatic carboxylic acids is 1. The Bertz CT molecular complexity index is 594. The van der Waals surface area contributed by atoms with Crippen LogP contribution in [0.1, 0.15) is 12.0 Å². The number of allylic oxidation sites excluding steroid dienone is 1. The molecule has 0 amide bonds. The van der Waals surface area contributed by atoms with Gasteiger partial charge in [0.15, 0.2) is 6.10 Å². The molecule has 0 saturated carbocycles. The number of carboxylic acid groups (broad SMARTS) is 1. The van der Waals surface area contributed by atoms with Crippen LogP contribution in [0.3, 0.4) is 0 Å². The molecular weight excluding hydrogens is 270 g/mol. The third-order valence-corrected chi connectivity index (χ3v) is 3.07. The van der Waals surface area contributed by atoms with Gasteiger partial charge in [-0.2, -0.15) is 0 Å². The van der Waals surface area contributed by atoms with Gasteiger partial charge in [-0.05, 0) is 11.1 Å². The standard InChI is InChI=1S/C15H17N3O3/c16-21-14(15(19)20)7-6-13(10-18-9-8-17-11-18)12-4-2-1-3-5-12/h1-6,8-9,11,14H,7,10,16H2,(H,19,20)/b13-6+. The second-order valence-corrected chi connectivity index (χ2v) is 4.53. The van der Waals surface area contributed by atoms with Crippen molar-refractivity contribution in [2.24, 2.45) is 5.90 Å². The SMILES string of the molecule is NOC(C/C=C(\Cn1ccnc1)c1ccccc1)C(=O)O. The summed E-state index contributed by atoms with van der Waals surface area (Å²) in [6, 6.07) is 9.75. The Morgan fingerprint density at radius 1 is 1.43 bits per heavy atom. The van der Waals surface area contributed by atoms with Crippen molar-refractivity contribution >= 4 is 11.5 Å². The number of carboxylic acids is 1. The summed E-state index contributed by atoms with van der Waals surface area (Å²) in [5.41, 5.74) is 2.00. The molecule has 0 aliphatic heterocycles. The number of hydrogen-bond acceptors (Lipinski definition) is 4. The van der Waals surface area contributed by atoms with Crippen LogP contribution in [0.4, 0.5) is 0 Å². The first-order chi connectivity index (χ1) is 10.2. The van der Waals surface area contributed by atoms with E-state index in [1.165, 1.54) is 0 Å². The van der Waals surface area contributed by atoms with Gasteiger partial charge in [0, 0.05) is 25.4 Å². The van der Waals surface area contributed by atoms with E-state index in [0.717, 1.165) is 11.1 Å². The zero-order valence-corrected chi connectivity index (χ0v) is 11.4. The van der Waals surface area contributed by atoms with E-state index in [-0.39, 0.29) is 6.42 Å². The van der Waals surface area contributed by atoms with E-state index in [4.69, 9.17) is 11.0 Å². The Hall–Kier alpha value is -2.44. The van der Waals surface area contributed by atoms with Gasteiger partial charge in [0.05, 0.1) is 6.33 Å². The fourth-order valence-corrected chi connectivity index (χ4v) is 1.97. The summed E-state index contributed by atoms with van der Waals surface area (Å²) in [7, 11) is 0. The van der Waals surface area contributed by atoms with Crippen LogP contribution in [0.2, 0.25) is 0 Å². The van der Waals surface area contributed by atoms with E-state index in [9.17, 15) is 4.79 Å². The largest absolute Gasteiger partial charge is 0.479 e. The number of benzene rings is 1. The minimum Gasteiger partial charge on any atom is -0.479 e. The zero-order valence-electron chi connectivity index (χ0n) is 11.4. The topological polar surface area (TPSA) is 90.4 Å². The van der Waals surface area contributed by atoms with Gasteiger partial charge in [0.25, 0.3) is 0 Å². The maximum atomic E-state index is 10.9. The predicted molar refractivity (Wildman–Crippen MR) is 78.0 cm³/mol. The highest BCUT2D eigenvalue weighted by molar-refractivity contribution is 5.73. The summed E-state index contributed by atoms with van der Waals surface area (Å²) < 4.78 is 1.91. The van der Waals surface area contributed by atoms with Gasteiger partial charge in [0.2, 0.25) is 0 Å². The van der Waals surface area contributed by atoms with E-state index in [0.29, 0.717) is 6.54 Å². The number of nitrogens with two attached hydrogens (primary N) is 1. The quantitative estimate of drug-likeness (QED) is 0.756. The first-order valence-electron chi connectivity index (χ1n) is 6.49. The van der Waals surface area contributed by atoms with Crippen LogP contribution in [0.25, 0.3) is 5.57 Å². The van der Waals surface area contributed by atoms with Gasteiger partial charge in [0.1, 0.15) is 0 Å². The molecule has 3 N–H and O–H groups in total. The van der Waals surface area contributed by atoms with Crippen molar-refractivity contribution in [2.45, 2.75) is 19.1 Å². The minimum atomic E-state index is -1.08. The van der Waals surface area contributed by atoms with Gasteiger partial charge in [-0.3, -0.25) is 4.84 Å². The zero-order chi connectivity index (χ0) is 15.1. The molecule has 0 spiro atoms. The van der Waals surface area contributed by atoms with Gasteiger partial charge in [-0.15, -0.1) is 0 Å². The highest BCUT2D eigenvalue weighted by Crippen LogP contribution is 2.18. The van der Waals surface area contributed by atoms with E-state index >= 15 is 0 Å². The first kappa shape index (κ1) is 15.0. The van der Waals surface area contributed by atoms with Crippen molar-refractivity contribution in [2.75, 3.05) is 0 Å². The van der Waals surface area contributed by atoms with Crippen molar-refractivity contribution in [3.63, 3.8) is 0 Å². The molecule has 6 heteroatoms. The van der Waals surface area contributed by atoms with Crippen molar-refractivity contribution in [3.05, 3.63) is 60.7 Å². The van der Waals surface area contributed by atoms with Crippen LogP contribution in [0.5, 0.6) is 0 Å². The molecule has 0 fully saturated rings. The van der Waals surface area contributed by atoms with E-state index < -0.39 is 12.1 Å². The van der Waals surface area contributed by atoms with E-state index in [2.05, 4.69) is 9.82 Å². The monoisotopic (exact) mass is 287 g/mol. The summed E-state index contributed by atoms with van der Waals surface area (Å²) in [5.74, 6) is 3.93. The Balaban J connectivity index is 2.21. The molecule has 0 radical (unpaired) electrons. The fourth-order valence-electron chi connectivity index (χ4n) is 1.97. The summed E-state index contributed by atoms with van der Waals surface area (Å²) in [6.07, 6.45) is 6.25. The van der Waals surface area contributed by atoms with Crippen LogP contribution in [-0.2, 0) is 16.2 Å². The molecule has 1 unspecified atom stereocenters. The molecule has 6 nitrogen and oxygen atoms in total. The third kappa shape index (κ3) is 4.27. The van der Waals surface area contributed by atoms with Crippen LogP contribution in [0, 0.1) is 0 Å². The molecule has 0 aliphatic carbocycles. The minimum absolute atomic E-state index is 0.199. The van der Waals surface area contributed by atoms with Crippen LogP contribution >= 0.6 is 0 Å². The fraction of sp³-hybridized carbons (Fsp3) is 0.200. The molecule has 0 bridgehead atoms. The maximum Gasteiger partial charge on any atom is 0.335 e. The second kappa shape index (κ2) is 7.37. The van der Waals surface area contributed by atoms with Crippen molar-refractivity contribution in [1.82, 2.24) is 9.55 Å². The van der Waals surface area contributed by atoms with E-state index in [1.807, 2.05) is 47.2 Å². The molecule has 1 heterocycles. The van der Waals surface area contributed by atoms with Gasteiger partial charge >= 0.3 is 5.97 Å². The average Bonchev–Trinajstić information content (AvgIpc) is 3.00. The Morgan fingerprint density at radius 3 is 2.76 bits per heavy atom. The van der Waals surface area contributed by atoms with Crippen molar-refractivity contribution in [1.29, 1.82) is 0 Å². The summed E-state index contributed by atoms with van der Waals surface area (Å²) >= 11 is 0. The van der Waals surface area contributed by atoms with Crippen molar-refractivity contribution < 1.29 is 14.7 Å². The van der Waals surface area contributed by atoms with Gasteiger partial charge in [-0.1, -0.05) is 36.4 Å². The molecule has 2 aromatic rings. The maximum absolute atomic E-state index is 10.9. The predicted octanol–water partition coefficient (Wildman–Crippen LogP) is 1.70. The molecule has 21 heavy (non-hydrogen) atoms. The van der Waals surface area contributed by atoms with Crippen LogP contribution in [0.15, 0.2) is 55.1 Å². The lowest BCUT2D eigenvalue weighted by atomic mass is 10.0. The number of nitrogens with zero attached hydrogens (tertiary/aromatic N) is 2. The Kier molecular flexibility index (Phi) is 5.25. The summed E-state index contributed by atoms with van der Waals surface area (Å²) in [6.45, 7) is 0.598. The molecule has 1 atom stereocenters. The molecule has 1 aromatic carbocycles. The number of rotatable bonds is 7. The van der Waals surface area contributed by atoms with Crippen LogP contribution in [-0.4, -0.2) is 26.7 Å². The van der Waals surface area contributed by atoms with Crippen molar-refractivity contribution in [3.8, 4) is 0 Å². The normalized spacial score (nSPS) is 13.1.